The average molecular weight is 348 g/mol. The van der Waals surface area contributed by atoms with Gasteiger partial charge in [-0.3, -0.25) is 9.78 Å². The Hall–Kier alpha value is -1.57. The highest BCUT2D eigenvalue weighted by Gasteiger charge is 2.47. The summed E-state index contributed by atoms with van der Waals surface area (Å²) in [5.41, 5.74) is 0.294. The van der Waals surface area contributed by atoms with Crippen LogP contribution < -0.4 is 0 Å². The summed E-state index contributed by atoms with van der Waals surface area (Å²) in [6.45, 7) is 4.38. The maximum Gasteiger partial charge on any atom is 0.274 e. The van der Waals surface area contributed by atoms with E-state index < -0.39 is 0 Å². The summed E-state index contributed by atoms with van der Waals surface area (Å²) in [7, 11) is 4.08. The number of nitrogens with zero attached hydrogens (tertiary/aromatic N) is 4. The van der Waals surface area contributed by atoms with Gasteiger partial charge in [-0.1, -0.05) is 0 Å². The van der Waals surface area contributed by atoms with Crippen molar-refractivity contribution in [3.05, 3.63) is 24.3 Å². The largest absolute Gasteiger partial charge is 0.379 e. The van der Waals surface area contributed by atoms with Crippen molar-refractivity contribution in [3.8, 4) is 0 Å². The number of hydrogen-bond donors (Lipinski definition) is 0. The summed E-state index contributed by atoms with van der Waals surface area (Å²) >= 11 is 0. The van der Waals surface area contributed by atoms with Crippen molar-refractivity contribution in [2.45, 2.75) is 25.4 Å². The van der Waals surface area contributed by atoms with Gasteiger partial charge in [0.1, 0.15) is 5.69 Å². The number of carbonyl (C=O) groups excluding carboxylic acids is 1. The van der Waals surface area contributed by atoms with Gasteiger partial charge in [0.15, 0.2) is 0 Å². The summed E-state index contributed by atoms with van der Waals surface area (Å²) in [6, 6.07) is 0. The van der Waals surface area contributed by atoms with E-state index >= 15 is 0 Å². The Morgan fingerprint density at radius 3 is 3.12 bits per heavy atom. The van der Waals surface area contributed by atoms with Crippen LogP contribution in [0.4, 0.5) is 0 Å². The first-order valence-corrected chi connectivity index (χ1v) is 9.00. The molecule has 0 bridgehead atoms. The smallest absolute Gasteiger partial charge is 0.274 e. The minimum absolute atomic E-state index is 0.0511. The van der Waals surface area contributed by atoms with Crippen molar-refractivity contribution >= 4 is 5.91 Å². The van der Waals surface area contributed by atoms with Gasteiger partial charge in [0, 0.05) is 44.0 Å². The molecule has 0 spiro atoms. The number of rotatable bonds is 6. The van der Waals surface area contributed by atoms with Crippen molar-refractivity contribution in [3.63, 3.8) is 0 Å². The van der Waals surface area contributed by atoms with Crippen LogP contribution in [0.5, 0.6) is 0 Å². The van der Waals surface area contributed by atoms with Crippen molar-refractivity contribution in [2.75, 3.05) is 53.6 Å². The molecule has 1 aromatic rings. The molecule has 7 nitrogen and oxygen atoms in total. The van der Waals surface area contributed by atoms with E-state index in [4.69, 9.17) is 9.47 Å². The van der Waals surface area contributed by atoms with E-state index in [2.05, 4.69) is 14.9 Å². The topological polar surface area (TPSA) is 67.8 Å². The van der Waals surface area contributed by atoms with Gasteiger partial charge in [-0.2, -0.15) is 0 Å². The Morgan fingerprint density at radius 2 is 2.36 bits per heavy atom. The highest BCUT2D eigenvalue weighted by molar-refractivity contribution is 5.92. The van der Waals surface area contributed by atoms with Crippen LogP contribution in [0.2, 0.25) is 0 Å². The summed E-state index contributed by atoms with van der Waals surface area (Å²) in [5.74, 6) is -0.0511. The number of carbonyl (C=O) groups is 1. The quantitative estimate of drug-likeness (QED) is 0.716. The molecule has 2 aliphatic rings. The Kier molecular flexibility index (Phi) is 5.98. The van der Waals surface area contributed by atoms with Gasteiger partial charge < -0.3 is 19.3 Å². The van der Waals surface area contributed by atoms with Gasteiger partial charge in [0.05, 0.1) is 25.5 Å². The SMILES string of the molecule is CN(C)CCOCC12CCCOC1CCN(C(=O)c1cnccn1)C2. The van der Waals surface area contributed by atoms with Crippen LogP contribution in [0.15, 0.2) is 18.6 Å². The Labute approximate surface area is 149 Å². The summed E-state index contributed by atoms with van der Waals surface area (Å²) in [5, 5.41) is 0. The van der Waals surface area contributed by atoms with E-state index in [1.165, 1.54) is 6.20 Å². The fraction of sp³-hybridized carbons (Fsp3) is 0.722. The third-order valence-electron chi connectivity index (χ3n) is 5.13. The molecule has 7 heteroatoms. The van der Waals surface area contributed by atoms with Crippen LogP contribution in [0.3, 0.4) is 0 Å². The predicted octanol–water partition coefficient (Wildman–Crippen LogP) is 1.07. The molecule has 2 fully saturated rings. The number of likely N-dealkylation sites (N-methyl/N-ethyl adjacent to an activating group) is 1. The van der Waals surface area contributed by atoms with Crippen LogP contribution in [0.1, 0.15) is 29.8 Å². The first-order chi connectivity index (χ1) is 12.1. The average Bonchev–Trinajstić information content (AvgIpc) is 2.65. The first kappa shape index (κ1) is 18.2. The van der Waals surface area contributed by atoms with E-state index in [0.717, 1.165) is 32.4 Å². The molecule has 2 saturated heterocycles. The van der Waals surface area contributed by atoms with Crippen LogP contribution in [0.25, 0.3) is 0 Å². The fourth-order valence-electron chi connectivity index (χ4n) is 3.77. The lowest BCUT2D eigenvalue weighted by Gasteiger charge is -2.50. The van der Waals surface area contributed by atoms with Crippen molar-refractivity contribution in [2.24, 2.45) is 5.41 Å². The second-order valence-electron chi connectivity index (χ2n) is 7.29. The zero-order valence-electron chi connectivity index (χ0n) is 15.2. The Bertz CT molecular complexity index is 569. The number of aromatic nitrogens is 2. The molecule has 3 rings (SSSR count). The van der Waals surface area contributed by atoms with E-state index in [9.17, 15) is 4.79 Å². The molecule has 1 aromatic heterocycles. The lowest BCUT2D eigenvalue weighted by molar-refractivity contribution is -0.147. The van der Waals surface area contributed by atoms with Gasteiger partial charge in [-0.05, 0) is 33.4 Å². The lowest BCUT2D eigenvalue weighted by Crippen LogP contribution is -2.58. The normalized spacial score (nSPS) is 26.5. The van der Waals surface area contributed by atoms with Crippen LogP contribution in [-0.2, 0) is 9.47 Å². The standard InChI is InChI=1S/C18H28N4O3/c1-21(2)9-11-24-14-18-5-3-10-25-16(18)4-8-22(13-18)17(23)15-12-19-6-7-20-15/h6-7,12,16H,3-5,8-11,13-14H2,1-2H3. The first-order valence-electron chi connectivity index (χ1n) is 9.00. The summed E-state index contributed by atoms with van der Waals surface area (Å²) < 4.78 is 12.0. The molecule has 0 saturated carbocycles. The molecule has 0 aliphatic carbocycles. The van der Waals surface area contributed by atoms with E-state index in [1.807, 2.05) is 19.0 Å². The zero-order chi connectivity index (χ0) is 17.7. The van der Waals surface area contributed by atoms with E-state index in [-0.39, 0.29) is 17.4 Å². The third kappa shape index (κ3) is 4.34. The molecule has 2 aliphatic heterocycles. The molecule has 2 unspecified atom stereocenters. The second kappa shape index (κ2) is 8.21. The fourth-order valence-corrected chi connectivity index (χ4v) is 3.77. The molecule has 0 N–H and O–H groups in total. The van der Waals surface area contributed by atoms with Gasteiger partial charge in [-0.15, -0.1) is 0 Å². The highest BCUT2D eigenvalue weighted by atomic mass is 16.5. The molecular weight excluding hydrogens is 320 g/mol. The molecule has 3 heterocycles. The van der Waals surface area contributed by atoms with Crippen molar-refractivity contribution < 1.29 is 14.3 Å². The Balaban J connectivity index is 1.67. The third-order valence-corrected chi connectivity index (χ3v) is 5.13. The minimum Gasteiger partial charge on any atom is -0.379 e. The molecule has 0 radical (unpaired) electrons. The van der Waals surface area contributed by atoms with Crippen LogP contribution in [0, 0.1) is 5.41 Å². The molecular formula is C18H28N4O3. The van der Waals surface area contributed by atoms with Crippen LogP contribution >= 0.6 is 0 Å². The number of piperidine rings is 1. The van der Waals surface area contributed by atoms with Gasteiger partial charge in [0.25, 0.3) is 5.91 Å². The number of amides is 1. The molecule has 0 aromatic carbocycles. The van der Waals surface area contributed by atoms with Gasteiger partial charge in [0.2, 0.25) is 0 Å². The number of likely N-dealkylation sites (tertiary alicyclic amines) is 1. The summed E-state index contributed by atoms with van der Waals surface area (Å²) in [6.07, 6.45) is 7.74. The lowest BCUT2D eigenvalue weighted by atomic mass is 9.73. The zero-order valence-corrected chi connectivity index (χ0v) is 15.2. The van der Waals surface area contributed by atoms with Crippen molar-refractivity contribution in [1.29, 1.82) is 0 Å². The summed E-state index contributed by atoms with van der Waals surface area (Å²) in [4.78, 5) is 24.9. The van der Waals surface area contributed by atoms with Crippen molar-refractivity contribution in [1.82, 2.24) is 19.8 Å². The van der Waals surface area contributed by atoms with Gasteiger partial charge >= 0.3 is 0 Å². The minimum atomic E-state index is -0.110. The number of ether oxygens (including phenoxy) is 2. The van der Waals surface area contributed by atoms with E-state index in [0.29, 0.717) is 32.0 Å². The van der Waals surface area contributed by atoms with Crippen LogP contribution in [-0.4, -0.2) is 85.3 Å². The predicted molar refractivity (Wildman–Crippen MR) is 93.3 cm³/mol. The van der Waals surface area contributed by atoms with E-state index in [1.54, 1.807) is 12.4 Å². The van der Waals surface area contributed by atoms with Gasteiger partial charge in [-0.25, -0.2) is 4.98 Å². The highest BCUT2D eigenvalue weighted by Crippen LogP contribution is 2.40. The molecule has 25 heavy (non-hydrogen) atoms. The number of hydrogen-bond acceptors (Lipinski definition) is 6. The monoisotopic (exact) mass is 348 g/mol. The number of fused-ring (bicyclic) bond motifs is 1. The second-order valence-corrected chi connectivity index (χ2v) is 7.29. The maximum absolute atomic E-state index is 12.8. The molecule has 1 amide bonds. The molecule has 138 valence electrons. The molecule has 2 atom stereocenters. The Morgan fingerprint density at radius 1 is 1.48 bits per heavy atom. The maximum atomic E-state index is 12.8.